The molecule has 0 radical (unpaired) electrons. The Kier molecular flexibility index (Phi) is 4.81. The number of hydrogen-bond acceptors (Lipinski definition) is 4. The minimum absolute atomic E-state index is 0.00783. The number of fused-ring (bicyclic) bond motifs is 3. The van der Waals surface area contributed by atoms with Crippen LogP contribution in [0.3, 0.4) is 0 Å². The Balaban J connectivity index is 1.73. The summed E-state index contributed by atoms with van der Waals surface area (Å²) in [5, 5.41) is 9.89. The Bertz CT molecular complexity index is 913. The zero-order valence-electron chi connectivity index (χ0n) is 16.0. The van der Waals surface area contributed by atoms with Gasteiger partial charge in [0.05, 0.1) is 25.8 Å². The quantitative estimate of drug-likeness (QED) is 0.884. The highest BCUT2D eigenvalue weighted by molar-refractivity contribution is 6.07. The van der Waals surface area contributed by atoms with E-state index >= 15 is 0 Å². The third kappa shape index (κ3) is 2.76. The maximum atomic E-state index is 13.3. The molecule has 2 aromatic carbocycles. The van der Waals surface area contributed by atoms with Crippen molar-refractivity contribution in [3.63, 3.8) is 0 Å². The molecule has 0 aliphatic carbocycles. The second-order valence-electron chi connectivity index (χ2n) is 7.20. The molecule has 0 unspecified atom stereocenters. The highest BCUT2D eigenvalue weighted by Crippen LogP contribution is 2.48. The molecule has 1 fully saturated rings. The highest BCUT2D eigenvalue weighted by Gasteiger charge is 2.54. The summed E-state index contributed by atoms with van der Waals surface area (Å²) in [5.74, 6) is 0.557. The van der Waals surface area contributed by atoms with Gasteiger partial charge in [0.2, 0.25) is 5.91 Å². The van der Waals surface area contributed by atoms with Gasteiger partial charge >= 0.3 is 0 Å². The summed E-state index contributed by atoms with van der Waals surface area (Å²) in [5.41, 5.74) is 2.40. The fourth-order valence-corrected chi connectivity index (χ4v) is 4.52. The first-order valence-electron chi connectivity index (χ1n) is 9.57. The Morgan fingerprint density at radius 2 is 1.96 bits per heavy atom. The molecule has 28 heavy (non-hydrogen) atoms. The first-order valence-corrected chi connectivity index (χ1v) is 9.57. The van der Waals surface area contributed by atoms with Crippen LogP contribution in [0.5, 0.6) is 5.75 Å². The molecule has 2 aliphatic rings. The van der Waals surface area contributed by atoms with E-state index in [-0.39, 0.29) is 36.4 Å². The smallest absolute Gasteiger partial charge is 0.258 e. The first-order chi connectivity index (χ1) is 13.6. The van der Waals surface area contributed by atoms with Gasteiger partial charge in [0.1, 0.15) is 5.75 Å². The molecule has 1 saturated heterocycles. The number of rotatable bonds is 4. The number of anilines is 1. The van der Waals surface area contributed by atoms with Gasteiger partial charge in [-0.05, 0) is 29.8 Å². The molecule has 0 bridgehead atoms. The largest absolute Gasteiger partial charge is 0.497 e. The number of nitrogens with zero attached hydrogens (tertiary/aromatic N) is 2. The molecule has 6 heteroatoms. The summed E-state index contributed by atoms with van der Waals surface area (Å²) in [7, 11) is 1.57. The third-order valence-corrected chi connectivity index (χ3v) is 5.84. The molecule has 2 aliphatic heterocycles. The monoisotopic (exact) mass is 380 g/mol. The number of likely N-dealkylation sites (tertiary alicyclic amines) is 1. The lowest BCUT2D eigenvalue weighted by molar-refractivity contribution is -0.149. The summed E-state index contributed by atoms with van der Waals surface area (Å²) in [6, 6.07) is 14.5. The van der Waals surface area contributed by atoms with Crippen molar-refractivity contribution < 1.29 is 19.4 Å². The van der Waals surface area contributed by atoms with E-state index in [1.54, 1.807) is 41.2 Å². The zero-order valence-corrected chi connectivity index (χ0v) is 16.0. The molecule has 6 nitrogen and oxygen atoms in total. The van der Waals surface area contributed by atoms with Crippen LogP contribution in [0.2, 0.25) is 0 Å². The number of ether oxygens (including phenoxy) is 1. The topological polar surface area (TPSA) is 70.1 Å². The maximum Gasteiger partial charge on any atom is 0.258 e. The molecule has 0 spiro atoms. The van der Waals surface area contributed by atoms with E-state index in [0.717, 1.165) is 11.3 Å². The van der Waals surface area contributed by atoms with Crippen LogP contribution >= 0.6 is 0 Å². The van der Waals surface area contributed by atoms with Gasteiger partial charge in [0.25, 0.3) is 5.91 Å². The van der Waals surface area contributed by atoms with Gasteiger partial charge in [0.15, 0.2) is 0 Å². The number of para-hydroxylation sites is 1. The first kappa shape index (κ1) is 18.5. The van der Waals surface area contributed by atoms with E-state index in [1.165, 1.54) is 0 Å². The van der Waals surface area contributed by atoms with Crippen LogP contribution in [-0.2, 0) is 4.79 Å². The number of hydrogen-bond donors (Lipinski definition) is 1. The zero-order chi connectivity index (χ0) is 19.8. The number of aliphatic hydroxyl groups excluding tert-OH is 1. The van der Waals surface area contributed by atoms with Crippen LogP contribution in [0.15, 0.2) is 48.5 Å². The van der Waals surface area contributed by atoms with Crippen LogP contribution in [0.25, 0.3) is 0 Å². The predicted octanol–water partition coefficient (Wildman–Crippen LogP) is 2.42. The Morgan fingerprint density at radius 1 is 1.18 bits per heavy atom. The minimum Gasteiger partial charge on any atom is -0.497 e. The fourth-order valence-electron chi connectivity index (χ4n) is 4.52. The van der Waals surface area contributed by atoms with Crippen molar-refractivity contribution in [2.24, 2.45) is 0 Å². The summed E-state index contributed by atoms with van der Waals surface area (Å²) in [4.78, 5) is 29.3. The molecule has 0 aromatic heterocycles. The van der Waals surface area contributed by atoms with Gasteiger partial charge in [-0.25, -0.2) is 0 Å². The van der Waals surface area contributed by atoms with Gasteiger partial charge in [-0.2, -0.15) is 0 Å². The lowest BCUT2D eigenvalue weighted by Crippen LogP contribution is -2.70. The van der Waals surface area contributed by atoms with Gasteiger partial charge in [-0.1, -0.05) is 31.2 Å². The Morgan fingerprint density at radius 3 is 2.68 bits per heavy atom. The number of aliphatic hydroxyl groups is 1. The van der Waals surface area contributed by atoms with Gasteiger partial charge in [0, 0.05) is 30.1 Å². The molecule has 0 saturated carbocycles. The molecule has 3 atom stereocenters. The summed E-state index contributed by atoms with van der Waals surface area (Å²) < 4.78 is 5.25. The van der Waals surface area contributed by atoms with E-state index in [9.17, 15) is 14.7 Å². The number of amides is 2. The van der Waals surface area contributed by atoms with Crippen LogP contribution in [-0.4, -0.2) is 54.2 Å². The van der Waals surface area contributed by atoms with Crippen molar-refractivity contribution in [2.75, 3.05) is 25.2 Å². The number of carbonyl (C=O) groups excluding carboxylic acids is 2. The predicted molar refractivity (Wildman–Crippen MR) is 106 cm³/mol. The van der Waals surface area contributed by atoms with E-state index in [2.05, 4.69) is 0 Å². The molecule has 1 N–H and O–H groups in total. The van der Waals surface area contributed by atoms with E-state index < -0.39 is 0 Å². The molecule has 146 valence electrons. The highest BCUT2D eigenvalue weighted by atomic mass is 16.5. The van der Waals surface area contributed by atoms with Crippen LogP contribution in [0, 0.1) is 0 Å². The van der Waals surface area contributed by atoms with Crippen LogP contribution in [0.1, 0.15) is 35.2 Å². The molecule has 2 heterocycles. The molecular formula is C22H24N2O4. The van der Waals surface area contributed by atoms with Crippen molar-refractivity contribution >= 4 is 17.5 Å². The average Bonchev–Trinajstić information content (AvgIpc) is 2.73. The van der Waals surface area contributed by atoms with Gasteiger partial charge in [-0.15, -0.1) is 0 Å². The second-order valence-corrected chi connectivity index (χ2v) is 7.20. The van der Waals surface area contributed by atoms with Crippen molar-refractivity contribution in [2.45, 2.75) is 31.3 Å². The van der Waals surface area contributed by atoms with Crippen molar-refractivity contribution in [3.05, 3.63) is 59.7 Å². The molecule has 2 aromatic rings. The Hall–Kier alpha value is -2.86. The molecule has 2 amide bonds. The summed E-state index contributed by atoms with van der Waals surface area (Å²) in [6.45, 7) is 2.16. The summed E-state index contributed by atoms with van der Waals surface area (Å²) in [6.07, 6.45) is 0.380. The van der Waals surface area contributed by atoms with Crippen molar-refractivity contribution in [3.8, 4) is 5.75 Å². The lowest BCUT2D eigenvalue weighted by Gasteiger charge is -2.59. The summed E-state index contributed by atoms with van der Waals surface area (Å²) >= 11 is 0. The SMILES string of the molecule is CCC(=O)N1[C@H](CO)[C@H]2c3ccccc3N(C(=O)c3cccc(OC)c3)C[C@H]21. The average molecular weight is 380 g/mol. The maximum absolute atomic E-state index is 13.3. The van der Waals surface area contributed by atoms with Gasteiger partial charge in [-0.3, -0.25) is 9.59 Å². The standard InChI is InChI=1S/C22H24N2O4/c1-3-20(26)24-18-12-23(22(27)14-7-6-8-15(11-14)28-2)17-10-5-4-9-16(17)21(18)19(24)13-25/h4-11,18-19,21,25H,3,12-13H2,1-2H3/t18-,19-,21+/m1/s1. The number of benzene rings is 2. The molecule has 4 rings (SSSR count). The van der Waals surface area contributed by atoms with E-state index in [4.69, 9.17) is 4.74 Å². The van der Waals surface area contributed by atoms with Crippen LogP contribution < -0.4 is 9.64 Å². The van der Waals surface area contributed by atoms with Gasteiger partial charge < -0.3 is 19.6 Å². The fraction of sp³-hybridized carbons (Fsp3) is 0.364. The minimum atomic E-state index is -0.229. The lowest BCUT2D eigenvalue weighted by atomic mass is 9.71. The Labute approximate surface area is 164 Å². The number of methoxy groups -OCH3 is 1. The van der Waals surface area contributed by atoms with Crippen molar-refractivity contribution in [1.82, 2.24) is 4.90 Å². The normalized spacial score (nSPS) is 22.8. The second kappa shape index (κ2) is 7.28. The third-order valence-electron chi connectivity index (χ3n) is 5.84. The van der Waals surface area contributed by atoms with Crippen LogP contribution in [0.4, 0.5) is 5.69 Å². The molecular weight excluding hydrogens is 356 g/mol. The van der Waals surface area contributed by atoms with E-state index in [0.29, 0.717) is 24.3 Å². The number of carbonyl (C=O) groups is 2. The van der Waals surface area contributed by atoms with Crippen molar-refractivity contribution in [1.29, 1.82) is 0 Å². The van der Waals surface area contributed by atoms with E-state index in [1.807, 2.05) is 31.2 Å².